The van der Waals surface area contributed by atoms with E-state index < -0.39 is 11.7 Å². The molecule has 3 N–H and O–H groups in total. The Kier molecular flexibility index (Phi) is 5.83. The molecule has 1 aliphatic carbocycles. The van der Waals surface area contributed by atoms with Crippen molar-refractivity contribution in [1.82, 2.24) is 9.97 Å². The molecule has 1 amide bonds. The van der Waals surface area contributed by atoms with Crippen LogP contribution in [0.1, 0.15) is 40.9 Å². The van der Waals surface area contributed by atoms with Crippen molar-refractivity contribution in [3.8, 4) is 5.75 Å². The van der Waals surface area contributed by atoms with Crippen LogP contribution in [-0.2, 0) is 4.74 Å². The minimum Gasteiger partial charge on any atom is -0.485 e. The van der Waals surface area contributed by atoms with E-state index in [-0.39, 0.29) is 12.2 Å². The molecule has 0 bridgehead atoms. The van der Waals surface area contributed by atoms with E-state index in [2.05, 4.69) is 15.3 Å². The molecule has 9 heteroatoms. The highest BCUT2D eigenvalue weighted by Crippen LogP contribution is 2.37. The van der Waals surface area contributed by atoms with Crippen molar-refractivity contribution in [1.29, 1.82) is 0 Å². The van der Waals surface area contributed by atoms with Gasteiger partial charge in [-0.05, 0) is 43.9 Å². The molecule has 1 saturated carbocycles. The molecule has 3 aromatic rings. The zero-order chi connectivity index (χ0) is 21.3. The fourth-order valence-electron chi connectivity index (χ4n) is 3.86. The lowest BCUT2D eigenvalue weighted by molar-refractivity contribution is -0.0227. The average molecular weight is 431 g/mol. The predicted molar refractivity (Wildman–Crippen MR) is 114 cm³/mol. The first-order valence-corrected chi connectivity index (χ1v) is 10.6. The molecule has 0 saturated heterocycles. The SMILES string of the molecule is CO[C@@H]1CCCCC1Oc1cc(F)ccc1Nc1ncnc2sc(C(N)=O)c(C)c12. The smallest absolute Gasteiger partial charge is 0.259 e. The Morgan fingerprint density at radius 2 is 2.03 bits per heavy atom. The normalized spacial score (nSPS) is 19.0. The van der Waals surface area contributed by atoms with Crippen LogP contribution in [0.15, 0.2) is 24.5 Å². The summed E-state index contributed by atoms with van der Waals surface area (Å²) in [4.78, 5) is 21.4. The second kappa shape index (κ2) is 8.53. The summed E-state index contributed by atoms with van der Waals surface area (Å²) in [5, 5.41) is 3.94. The molecular weight excluding hydrogens is 407 g/mol. The fraction of sp³-hybridized carbons (Fsp3) is 0.381. The Morgan fingerprint density at radius 1 is 1.27 bits per heavy atom. The van der Waals surface area contributed by atoms with Gasteiger partial charge in [-0.25, -0.2) is 14.4 Å². The van der Waals surface area contributed by atoms with Gasteiger partial charge in [0, 0.05) is 13.2 Å². The maximum absolute atomic E-state index is 14.0. The summed E-state index contributed by atoms with van der Waals surface area (Å²) in [6.45, 7) is 1.81. The number of aryl methyl sites for hydroxylation is 1. The van der Waals surface area contributed by atoms with Crippen molar-refractivity contribution in [2.75, 3.05) is 12.4 Å². The number of carbonyl (C=O) groups is 1. The number of rotatable bonds is 6. The Morgan fingerprint density at radius 3 is 2.77 bits per heavy atom. The van der Waals surface area contributed by atoms with Gasteiger partial charge in [-0.15, -0.1) is 11.3 Å². The van der Waals surface area contributed by atoms with Gasteiger partial charge in [-0.1, -0.05) is 6.42 Å². The summed E-state index contributed by atoms with van der Waals surface area (Å²) < 4.78 is 25.8. The largest absolute Gasteiger partial charge is 0.485 e. The summed E-state index contributed by atoms with van der Waals surface area (Å²) in [7, 11) is 1.67. The van der Waals surface area contributed by atoms with Gasteiger partial charge in [-0.3, -0.25) is 4.79 Å². The van der Waals surface area contributed by atoms with Gasteiger partial charge in [0.25, 0.3) is 5.91 Å². The number of hydrogen-bond donors (Lipinski definition) is 2. The van der Waals surface area contributed by atoms with Crippen LogP contribution in [0.4, 0.5) is 15.9 Å². The first kappa shape index (κ1) is 20.5. The number of primary amides is 1. The van der Waals surface area contributed by atoms with Crippen molar-refractivity contribution in [3.63, 3.8) is 0 Å². The molecule has 2 aromatic heterocycles. The standard InChI is InChI=1S/C21H23FN4O3S/c1-11-17-20(24-10-25-21(17)30-18(11)19(23)27)26-13-8-7-12(22)9-16(13)29-15-6-4-3-5-14(15)28-2/h7-10,14-15H,3-6H2,1-2H3,(H2,23,27)(H,24,25,26)/t14-,15?/m1/s1. The number of carbonyl (C=O) groups excluding carboxylic acids is 1. The Labute approximate surface area is 177 Å². The minimum atomic E-state index is -0.504. The molecule has 7 nitrogen and oxygen atoms in total. The number of halogens is 1. The molecule has 0 spiro atoms. The van der Waals surface area contributed by atoms with Crippen molar-refractivity contribution >= 4 is 39.0 Å². The van der Waals surface area contributed by atoms with Gasteiger partial charge in [0.1, 0.15) is 34.6 Å². The number of thiophene rings is 1. The van der Waals surface area contributed by atoms with Gasteiger partial charge < -0.3 is 20.5 Å². The highest BCUT2D eigenvalue weighted by atomic mass is 32.1. The van der Waals surface area contributed by atoms with Gasteiger partial charge in [0.2, 0.25) is 0 Å². The Hall–Kier alpha value is -2.78. The molecule has 1 aliphatic rings. The van der Waals surface area contributed by atoms with Crippen LogP contribution < -0.4 is 15.8 Å². The number of hydrogen-bond acceptors (Lipinski definition) is 7. The van der Waals surface area contributed by atoms with Crippen molar-refractivity contribution in [3.05, 3.63) is 40.8 Å². The number of ether oxygens (including phenoxy) is 2. The molecule has 158 valence electrons. The van der Waals surface area contributed by atoms with Gasteiger partial charge in [0.15, 0.2) is 0 Å². The lowest BCUT2D eigenvalue weighted by Crippen LogP contribution is -2.36. The lowest BCUT2D eigenvalue weighted by atomic mass is 9.94. The summed E-state index contributed by atoms with van der Waals surface area (Å²) >= 11 is 1.22. The third-order valence-electron chi connectivity index (χ3n) is 5.37. The molecule has 2 atom stereocenters. The van der Waals surface area contributed by atoms with E-state index in [1.165, 1.54) is 29.8 Å². The quantitative estimate of drug-likeness (QED) is 0.604. The number of aromatic nitrogens is 2. The van der Waals surface area contributed by atoms with Crippen molar-refractivity contribution in [2.24, 2.45) is 5.73 Å². The molecule has 4 rings (SSSR count). The molecule has 1 fully saturated rings. The Balaban J connectivity index is 1.70. The van der Waals surface area contributed by atoms with Crippen LogP contribution in [0.2, 0.25) is 0 Å². The number of nitrogens with one attached hydrogen (secondary N) is 1. The second-order valence-corrected chi connectivity index (χ2v) is 8.30. The number of nitrogens with two attached hydrogens (primary N) is 1. The summed E-state index contributed by atoms with van der Waals surface area (Å²) in [6, 6.07) is 4.33. The predicted octanol–water partition coefficient (Wildman–Crippen LogP) is 4.32. The zero-order valence-corrected chi connectivity index (χ0v) is 17.6. The van der Waals surface area contributed by atoms with E-state index in [1.807, 2.05) is 0 Å². The lowest BCUT2D eigenvalue weighted by Gasteiger charge is -2.31. The average Bonchev–Trinajstić information content (AvgIpc) is 3.08. The molecule has 2 heterocycles. The van der Waals surface area contributed by atoms with Crippen molar-refractivity contribution in [2.45, 2.75) is 44.8 Å². The van der Waals surface area contributed by atoms with Gasteiger partial charge in [-0.2, -0.15) is 0 Å². The van der Waals surface area contributed by atoms with Gasteiger partial charge >= 0.3 is 0 Å². The monoisotopic (exact) mass is 430 g/mol. The van der Waals surface area contributed by atoms with Crippen LogP contribution in [0.5, 0.6) is 5.75 Å². The number of methoxy groups -OCH3 is 1. The maximum Gasteiger partial charge on any atom is 0.259 e. The van der Waals surface area contributed by atoms with E-state index in [1.54, 1.807) is 20.1 Å². The Bertz CT molecular complexity index is 1090. The highest BCUT2D eigenvalue weighted by Gasteiger charge is 2.28. The second-order valence-electron chi connectivity index (χ2n) is 7.30. The zero-order valence-electron chi connectivity index (χ0n) is 16.8. The fourth-order valence-corrected chi connectivity index (χ4v) is 4.86. The molecular formula is C21H23FN4O3S. The number of amides is 1. The molecule has 0 radical (unpaired) electrons. The van der Waals surface area contributed by atoms with Crippen LogP contribution in [-0.4, -0.2) is 35.2 Å². The van der Waals surface area contributed by atoms with E-state index in [9.17, 15) is 9.18 Å². The van der Waals surface area contributed by atoms with Gasteiger partial charge in [0.05, 0.1) is 22.1 Å². The van der Waals surface area contributed by atoms with Crippen LogP contribution in [0, 0.1) is 12.7 Å². The molecule has 0 aliphatic heterocycles. The third-order valence-corrected chi connectivity index (χ3v) is 6.58. The minimum absolute atomic E-state index is 0.0298. The molecule has 1 aromatic carbocycles. The van der Waals surface area contributed by atoms with Crippen molar-refractivity contribution < 1.29 is 18.7 Å². The third kappa shape index (κ3) is 3.95. The van der Waals surface area contributed by atoms with Crippen LogP contribution in [0.3, 0.4) is 0 Å². The summed E-state index contributed by atoms with van der Waals surface area (Å²) in [6.07, 6.45) is 5.12. The first-order valence-electron chi connectivity index (χ1n) is 9.78. The summed E-state index contributed by atoms with van der Waals surface area (Å²) in [5.41, 5.74) is 6.76. The highest BCUT2D eigenvalue weighted by molar-refractivity contribution is 7.20. The van der Waals surface area contributed by atoms with Crippen LogP contribution in [0.25, 0.3) is 10.2 Å². The van der Waals surface area contributed by atoms with E-state index in [0.717, 1.165) is 25.7 Å². The maximum atomic E-state index is 14.0. The first-order chi connectivity index (χ1) is 14.5. The summed E-state index contributed by atoms with van der Waals surface area (Å²) in [5.74, 6) is -0.00517. The van der Waals surface area contributed by atoms with E-state index in [4.69, 9.17) is 15.2 Å². The van der Waals surface area contributed by atoms with E-state index >= 15 is 0 Å². The molecule has 1 unspecified atom stereocenters. The number of nitrogens with zero attached hydrogens (tertiary/aromatic N) is 2. The number of fused-ring (bicyclic) bond motifs is 1. The van der Waals surface area contributed by atoms with E-state index in [0.29, 0.717) is 37.9 Å². The topological polar surface area (TPSA) is 99.4 Å². The number of anilines is 2. The number of benzene rings is 1. The van der Waals surface area contributed by atoms with Crippen LogP contribution >= 0.6 is 11.3 Å². The molecule has 30 heavy (non-hydrogen) atoms.